The average Bonchev–Trinajstić information content (AvgIpc) is 2.81. The molecule has 0 saturated carbocycles. The molecule has 1 aliphatic heterocycles. The zero-order valence-electron chi connectivity index (χ0n) is 11.0. The molecule has 0 radical (unpaired) electrons. The minimum Gasteiger partial charge on any atom is -0.316 e. The number of nitrogens with one attached hydrogen (secondary N) is 1. The molecule has 1 saturated heterocycles. The first-order chi connectivity index (χ1) is 8.49. The van der Waals surface area contributed by atoms with Crippen LogP contribution in [0.3, 0.4) is 0 Å². The molecule has 1 N–H and O–H groups in total. The molecule has 1 aromatic rings. The van der Waals surface area contributed by atoms with Gasteiger partial charge in [-0.2, -0.15) is 0 Å². The normalized spacial score (nSPS) is 20.6. The van der Waals surface area contributed by atoms with Crippen LogP contribution in [0.4, 0.5) is 8.78 Å². The molecule has 18 heavy (non-hydrogen) atoms. The van der Waals surface area contributed by atoms with Gasteiger partial charge in [0, 0.05) is 18.5 Å². The van der Waals surface area contributed by atoms with Crippen LogP contribution in [0.5, 0.6) is 0 Å². The largest absolute Gasteiger partial charge is 0.316 e. The van der Waals surface area contributed by atoms with Gasteiger partial charge in [0.05, 0.1) is 0 Å². The summed E-state index contributed by atoms with van der Waals surface area (Å²) in [5, 5.41) is 3.27. The Morgan fingerprint density at radius 1 is 1.39 bits per heavy atom. The van der Waals surface area contributed by atoms with Gasteiger partial charge < -0.3 is 5.32 Å². The molecule has 0 amide bonds. The first-order valence-electron chi connectivity index (χ1n) is 6.68. The molecular weight excluding hydrogens is 232 g/mol. The summed E-state index contributed by atoms with van der Waals surface area (Å²) in [4.78, 5) is 0. The molecule has 3 heteroatoms. The highest BCUT2D eigenvalue weighted by Crippen LogP contribution is 2.36. The van der Waals surface area contributed by atoms with Gasteiger partial charge >= 0.3 is 0 Å². The molecule has 1 aliphatic rings. The SMILES string of the molecule is CC(C)CC(F)(F)c1cccc(C2CCNC2)c1. The van der Waals surface area contributed by atoms with Crippen molar-refractivity contribution in [2.75, 3.05) is 13.1 Å². The standard InChI is InChI=1S/C15H21F2N/c1-11(2)9-15(16,17)14-5-3-4-12(8-14)13-6-7-18-10-13/h3-5,8,11,13,18H,6-7,9-10H2,1-2H3. The fraction of sp³-hybridized carbons (Fsp3) is 0.600. The van der Waals surface area contributed by atoms with E-state index in [0.29, 0.717) is 5.92 Å². The van der Waals surface area contributed by atoms with Crippen LogP contribution in [-0.4, -0.2) is 13.1 Å². The Morgan fingerprint density at radius 2 is 2.17 bits per heavy atom. The van der Waals surface area contributed by atoms with Crippen molar-refractivity contribution in [3.8, 4) is 0 Å². The second-order valence-electron chi connectivity index (χ2n) is 5.62. The van der Waals surface area contributed by atoms with Gasteiger partial charge in [-0.1, -0.05) is 32.0 Å². The summed E-state index contributed by atoms with van der Waals surface area (Å²) >= 11 is 0. The fourth-order valence-electron chi connectivity index (χ4n) is 2.59. The van der Waals surface area contributed by atoms with E-state index in [9.17, 15) is 8.78 Å². The molecule has 0 bridgehead atoms. The molecule has 2 rings (SSSR count). The van der Waals surface area contributed by atoms with Crippen LogP contribution in [0, 0.1) is 5.92 Å². The van der Waals surface area contributed by atoms with E-state index in [1.807, 2.05) is 19.9 Å². The lowest BCUT2D eigenvalue weighted by atomic mass is 9.92. The van der Waals surface area contributed by atoms with Gasteiger partial charge in [-0.15, -0.1) is 0 Å². The van der Waals surface area contributed by atoms with Crippen LogP contribution in [0.1, 0.15) is 43.7 Å². The highest BCUT2D eigenvalue weighted by atomic mass is 19.3. The van der Waals surface area contributed by atoms with Crippen molar-refractivity contribution in [2.24, 2.45) is 5.92 Å². The summed E-state index contributed by atoms with van der Waals surface area (Å²) in [6, 6.07) is 6.97. The number of halogens is 2. The van der Waals surface area contributed by atoms with Crippen molar-refractivity contribution >= 4 is 0 Å². The Kier molecular flexibility index (Phi) is 4.00. The topological polar surface area (TPSA) is 12.0 Å². The Balaban J connectivity index is 2.20. The van der Waals surface area contributed by atoms with Crippen molar-refractivity contribution in [1.29, 1.82) is 0 Å². The molecule has 100 valence electrons. The van der Waals surface area contributed by atoms with Crippen LogP contribution < -0.4 is 5.32 Å². The average molecular weight is 253 g/mol. The van der Waals surface area contributed by atoms with Crippen LogP contribution in [0.15, 0.2) is 24.3 Å². The molecular formula is C15H21F2N. The van der Waals surface area contributed by atoms with Crippen molar-refractivity contribution in [1.82, 2.24) is 5.32 Å². The van der Waals surface area contributed by atoms with Crippen molar-refractivity contribution in [3.63, 3.8) is 0 Å². The monoisotopic (exact) mass is 253 g/mol. The predicted molar refractivity (Wildman–Crippen MR) is 70.0 cm³/mol. The van der Waals surface area contributed by atoms with E-state index >= 15 is 0 Å². The van der Waals surface area contributed by atoms with Gasteiger partial charge in [0.15, 0.2) is 0 Å². The van der Waals surface area contributed by atoms with E-state index in [1.54, 1.807) is 18.2 Å². The highest BCUT2D eigenvalue weighted by Gasteiger charge is 2.32. The maximum Gasteiger partial charge on any atom is 0.273 e. The zero-order chi connectivity index (χ0) is 13.2. The summed E-state index contributed by atoms with van der Waals surface area (Å²) < 4.78 is 28.1. The zero-order valence-corrected chi connectivity index (χ0v) is 11.0. The Bertz CT molecular complexity index is 395. The molecule has 1 nitrogen and oxygen atoms in total. The lowest BCUT2D eigenvalue weighted by Crippen LogP contribution is -2.17. The first-order valence-corrected chi connectivity index (χ1v) is 6.68. The highest BCUT2D eigenvalue weighted by molar-refractivity contribution is 5.30. The molecule has 1 unspecified atom stereocenters. The minimum absolute atomic E-state index is 0.00296. The fourth-order valence-corrected chi connectivity index (χ4v) is 2.59. The molecule has 1 aromatic carbocycles. The third-order valence-electron chi connectivity index (χ3n) is 3.51. The molecule has 0 aliphatic carbocycles. The van der Waals surface area contributed by atoms with Crippen molar-refractivity contribution < 1.29 is 8.78 Å². The molecule has 1 heterocycles. The Hall–Kier alpha value is -0.960. The second-order valence-corrected chi connectivity index (χ2v) is 5.62. The number of hydrogen-bond donors (Lipinski definition) is 1. The van der Waals surface area contributed by atoms with Gasteiger partial charge in [-0.3, -0.25) is 0 Å². The van der Waals surface area contributed by atoms with E-state index in [1.165, 1.54) is 0 Å². The first kappa shape index (κ1) is 13.5. The van der Waals surface area contributed by atoms with Gasteiger partial charge in [-0.05, 0) is 36.4 Å². The smallest absolute Gasteiger partial charge is 0.273 e. The number of benzene rings is 1. The maximum atomic E-state index is 14.1. The van der Waals surface area contributed by atoms with Crippen LogP contribution >= 0.6 is 0 Å². The third-order valence-corrected chi connectivity index (χ3v) is 3.51. The number of hydrogen-bond acceptors (Lipinski definition) is 1. The lowest BCUT2D eigenvalue weighted by Gasteiger charge is -2.20. The van der Waals surface area contributed by atoms with E-state index in [4.69, 9.17) is 0 Å². The Labute approximate surface area is 108 Å². The summed E-state index contributed by atoms with van der Waals surface area (Å²) in [6.07, 6.45) is 0.957. The molecule has 0 spiro atoms. The summed E-state index contributed by atoms with van der Waals surface area (Å²) in [5.41, 5.74) is 1.21. The quantitative estimate of drug-likeness (QED) is 0.858. The van der Waals surface area contributed by atoms with E-state index in [-0.39, 0.29) is 17.9 Å². The number of rotatable bonds is 4. The minimum atomic E-state index is -2.71. The van der Waals surface area contributed by atoms with Gasteiger partial charge in [0.1, 0.15) is 0 Å². The van der Waals surface area contributed by atoms with Gasteiger partial charge in [-0.25, -0.2) is 8.78 Å². The summed E-state index contributed by atoms with van der Waals surface area (Å²) in [5.74, 6) is -2.33. The third kappa shape index (κ3) is 3.08. The summed E-state index contributed by atoms with van der Waals surface area (Å²) in [6.45, 7) is 5.55. The van der Waals surface area contributed by atoms with Crippen molar-refractivity contribution in [2.45, 2.75) is 38.5 Å². The molecule has 0 aromatic heterocycles. The van der Waals surface area contributed by atoms with Crippen molar-refractivity contribution in [3.05, 3.63) is 35.4 Å². The Morgan fingerprint density at radius 3 is 2.78 bits per heavy atom. The van der Waals surface area contributed by atoms with E-state index < -0.39 is 5.92 Å². The van der Waals surface area contributed by atoms with Crippen LogP contribution in [0.25, 0.3) is 0 Å². The van der Waals surface area contributed by atoms with Crippen LogP contribution in [0.2, 0.25) is 0 Å². The van der Waals surface area contributed by atoms with E-state index in [2.05, 4.69) is 5.32 Å². The molecule has 1 atom stereocenters. The van der Waals surface area contributed by atoms with Gasteiger partial charge in [0.25, 0.3) is 5.92 Å². The summed E-state index contributed by atoms with van der Waals surface area (Å²) in [7, 11) is 0. The van der Waals surface area contributed by atoms with E-state index in [0.717, 1.165) is 25.1 Å². The van der Waals surface area contributed by atoms with Gasteiger partial charge in [0.2, 0.25) is 0 Å². The van der Waals surface area contributed by atoms with Crippen LogP contribution in [-0.2, 0) is 5.92 Å². The maximum absolute atomic E-state index is 14.1. The molecule has 1 fully saturated rings. The predicted octanol–water partition coefficient (Wildman–Crippen LogP) is 3.90. The lowest BCUT2D eigenvalue weighted by molar-refractivity contribution is -0.0250. The second kappa shape index (κ2) is 5.35. The number of alkyl halides is 2.